The molecule has 0 fully saturated rings. The van der Waals surface area contributed by atoms with Gasteiger partial charge in [0.05, 0.1) is 6.54 Å². The number of aliphatic carboxylic acids is 1. The van der Waals surface area contributed by atoms with Crippen LogP contribution in [0.5, 0.6) is 5.75 Å². The summed E-state index contributed by atoms with van der Waals surface area (Å²) < 4.78 is 10.7. The molecule has 2 aromatic rings. The highest BCUT2D eigenvalue weighted by Crippen LogP contribution is 2.28. The van der Waals surface area contributed by atoms with E-state index in [1.165, 1.54) is 6.07 Å². The van der Waals surface area contributed by atoms with Gasteiger partial charge in [-0.15, -0.1) is 0 Å². The van der Waals surface area contributed by atoms with E-state index in [0.717, 1.165) is 10.9 Å². The van der Waals surface area contributed by atoms with Crippen LogP contribution in [0, 0.1) is 19.8 Å². The predicted molar refractivity (Wildman–Crippen MR) is 109 cm³/mol. The van der Waals surface area contributed by atoms with E-state index in [1.807, 2.05) is 6.92 Å². The zero-order valence-corrected chi connectivity index (χ0v) is 17.4. The molecule has 1 aromatic heterocycles. The second-order valence-corrected chi connectivity index (χ2v) is 7.15. The van der Waals surface area contributed by atoms with Crippen molar-refractivity contribution in [3.63, 3.8) is 0 Å². The lowest BCUT2D eigenvalue weighted by Crippen LogP contribution is -2.48. The summed E-state index contributed by atoms with van der Waals surface area (Å²) in [5.74, 6) is -2.15. The van der Waals surface area contributed by atoms with E-state index in [9.17, 15) is 24.3 Å². The van der Waals surface area contributed by atoms with Crippen molar-refractivity contribution < 1.29 is 28.6 Å². The number of rotatable bonds is 9. The van der Waals surface area contributed by atoms with E-state index in [2.05, 4.69) is 10.6 Å². The molecule has 0 aliphatic heterocycles. The highest BCUT2D eigenvalue weighted by molar-refractivity contribution is 5.88. The molecule has 1 aromatic carbocycles. The molecule has 0 unspecified atom stereocenters. The Kier molecular flexibility index (Phi) is 7.57. The van der Waals surface area contributed by atoms with Crippen LogP contribution < -0.4 is 21.0 Å². The van der Waals surface area contributed by atoms with E-state index in [1.54, 1.807) is 32.9 Å². The Hall–Kier alpha value is -3.36. The van der Waals surface area contributed by atoms with Gasteiger partial charge in [0.1, 0.15) is 17.4 Å². The zero-order valence-electron chi connectivity index (χ0n) is 17.4. The Bertz CT molecular complexity index is 1010. The van der Waals surface area contributed by atoms with Gasteiger partial charge in [-0.05, 0) is 37.5 Å². The van der Waals surface area contributed by atoms with Crippen LogP contribution in [0.25, 0.3) is 11.0 Å². The van der Waals surface area contributed by atoms with Crippen molar-refractivity contribution in [3.8, 4) is 5.75 Å². The van der Waals surface area contributed by atoms with Crippen LogP contribution in [0.3, 0.4) is 0 Å². The molecule has 2 rings (SSSR count). The van der Waals surface area contributed by atoms with Crippen molar-refractivity contribution in [1.29, 1.82) is 0 Å². The van der Waals surface area contributed by atoms with Gasteiger partial charge in [-0.1, -0.05) is 20.3 Å². The van der Waals surface area contributed by atoms with Gasteiger partial charge < -0.3 is 24.9 Å². The average Bonchev–Trinajstić information content (AvgIpc) is 2.69. The molecule has 30 heavy (non-hydrogen) atoms. The number of carboxylic acid groups (broad SMARTS) is 1. The molecule has 1 heterocycles. The number of hydrogen-bond acceptors (Lipinski definition) is 6. The fourth-order valence-electron chi connectivity index (χ4n) is 2.94. The monoisotopic (exact) mass is 418 g/mol. The standard InChI is InChI=1S/C21H26N2O7/c1-5-11(2)19(21(27)28)23-16(24)9-22-17(25)10-29-15-7-6-14-12(3)8-18(26)30-20(14)13(15)4/h6-8,11,19H,5,9-10H2,1-4H3,(H,22,25)(H,23,24)(H,27,28)/t11-,19-/m0/s1. The SMILES string of the molecule is CC[C@H](C)[C@H](NC(=O)CNC(=O)COc1ccc2c(C)cc(=O)oc2c1C)C(=O)O. The molecule has 162 valence electrons. The Morgan fingerprint density at radius 3 is 2.53 bits per heavy atom. The highest BCUT2D eigenvalue weighted by atomic mass is 16.5. The molecule has 2 atom stereocenters. The molecular weight excluding hydrogens is 392 g/mol. The van der Waals surface area contributed by atoms with Crippen molar-refractivity contribution in [2.24, 2.45) is 5.92 Å². The normalized spacial score (nSPS) is 12.8. The summed E-state index contributed by atoms with van der Waals surface area (Å²) in [4.78, 5) is 46.8. The topological polar surface area (TPSA) is 135 Å². The molecule has 0 radical (unpaired) electrons. The number of hydrogen-bond donors (Lipinski definition) is 3. The summed E-state index contributed by atoms with van der Waals surface area (Å²) in [6.07, 6.45) is 0.586. The summed E-state index contributed by atoms with van der Waals surface area (Å²) in [5.41, 5.74) is 1.27. The lowest BCUT2D eigenvalue weighted by Gasteiger charge is -2.20. The number of carboxylic acids is 1. The first-order valence-corrected chi connectivity index (χ1v) is 9.59. The van der Waals surface area contributed by atoms with E-state index in [4.69, 9.17) is 9.15 Å². The maximum atomic E-state index is 12.0. The number of ether oxygens (including phenoxy) is 1. The second-order valence-electron chi connectivity index (χ2n) is 7.15. The molecule has 9 nitrogen and oxygen atoms in total. The van der Waals surface area contributed by atoms with Crippen molar-refractivity contribution >= 4 is 28.8 Å². The molecule has 0 aliphatic rings. The van der Waals surface area contributed by atoms with Crippen LogP contribution in [0.4, 0.5) is 0 Å². The first-order chi connectivity index (χ1) is 14.1. The fraction of sp³-hybridized carbons (Fsp3) is 0.429. The van der Waals surface area contributed by atoms with Crippen LogP contribution in [0.1, 0.15) is 31.4 Å². The third-order valence-corrected chi connectivity index (χ3v) is 4.92. The molecule has 0 bridgehead atoms. The Labute approximate surface area is 173 Å². The number of fused-ring (bicyclic) bond motifs is 1. The Morgan fingerprint density at radius 1 is 1.20 bits per heavy atom. The van der Waals surface area contributed by atoms with Gasteiger partial charge in [-0.2, -0.15) is 0 Å². The number of carbonyl (C=O) groups excluding carboxylic acids is 2. The Balaban J connectivity index is 1.93. The number of amides is 2. The van der Waals surface area contributed by atoms with E-state index < -0.39 is 29.5 Å². The third-order valence-electron chi connectivity index (χ3n) is 4.92. The van der Waals surface area contributed by atoms with Crippen LogP contribution >= 0.6 is 0 Å². The van der Waals surface area contributed by atoms with E-state index in [-0.39, 0.29) is 19.1 Å². The van der Waals surface area contributed by atoms with Crippen LogP contribution in [-0.2, 0) is 14.4 Å². The molecule has 9 heteroatoms. The molecule has 0 aliphatic carbocycles. The quantitative estimate of drug-likeness (QED) is 0.526. The summed E-state index contributed by atoms with van der Waals surface area (Å²) in [5, 5.41) is 14.8. The number of nitrogens with one attached hydrogen (secondary N) is 2. The fourth-order valence-corrected chi connectivity index (χ4v) is 2.94. The minimum atomic E-state index is -1.12. The summed E-state index contributed by atoms with van der Waals surface area (Å²) in [6.45, 7) is 6.34. The zero-order chi connectivity index (χ0) is 22.4. The molecular formula is C21H26N2O7. The number of benzene rings is 1. The van der Waals surface area contributed by atoms with Crippen LogP contribution in [0.15, 0.2) is 27.4 Å². The lowest BCUT2D eigenvalue weighted by atomic mass is 9.99. The van der Waals surface area contributed by atoms with Gasteiger partial charge in [0.2, 0.25) is 5.91 Å². The smallest absolute Gasteiger partial charge is 0.336 e. The summed E-state index contributed by atoms with van der Waals surface area (Å²) in [6, 6.07) is 3.79. The van der Waals surface area contributed by atoms with Crippen molar-refractivity contribution in [2.45, 2.75) is 40.2 Å². The minimum Gasteiger partial charge on any atom is -0.483 e. The maximum Gasteiger partial charge on any atom is 0.336 e. The van der Waals surface area contributed by atoms with Crippen molar-refractivity contribution in [3.05, 3.63) is 39.7 Å². The second kappa shape index (κ2) is 9.91. The van der Waals surface area contributed by atoms with Crippen LogP contribution in [-0.4, -0.2) is 42.1 Å². The van der Waals surface area contributed by atoms with Crippen molar-refractivity contribution in [2.75, 3.05) is 13.2 Å². The van der Waals surface area contributed by atoms with Crippen molar-refractivity contribution in [1.82, 2.24) is 10.6 Å². The van der Waals surface area contributed by atoms with Gasteiger partial charge in [0.25, 0.3) is 5.91 Å². The van der Waals surface area contributed by atoms with Gasteiger partial charge >= 0.3 is 11.6 Å². The minimum absolute atomic E-state index is 0.245. The van der Waals surface area contributed by atoms with Gasteiger partial charge in [-0.25, -0.2) is 9.59 Å². The third kappa shape index (κ3) is 5.59. The maximum absolute atomic E-state index is 12.0. The molecule has 3 N–H and O–H groups in total. The first-order valence-electron chi connectivity index (χ1n) is 9.59. The Morgan fingerprint density at radius 2 is 1.90 bits per heavy atom. The van der Waals surface area contributed by atoms with E-state index >= 15 is 0 Å². The summed E-state index contributed by atoms with van der Waals surface area (Å²) in [7, 11) is 0. The predicted octanol–water partition coefficient (Wildman–Crippen LogP) is 1.52. The number of aryl methyl sites for hydroxylation is 2. The van der Waals surface area contributed by atoms with Gasteiger partial charge in [-0.3, -0.25) is 9.59 Å². The molecule has 0 saturated heterocycles. The highest BCUT2D eigenvalue weighted by Gasteiger charge is 2.25. The van der Waals surface area contributed by atoms with Gasteiger partial charge in [0, 0.05) is 17.0 Å². The van der Waals surface area contributed by atoms with Gasteiger partial charge in [0.15, 0.2) is 6.61 Å². The molecule has 0 spiro atoms. The van der Waals surface area contributed by atoms with E-state index in [0.29, 0.717) is 23.3 Å². The first kappa shape index (κ1) is 22.9. The molecule has 2 amide bonds. The number of carbonyl (C=O) groups is 3. The molecule has 0 saturated carbocycles. The largest absolute Gasteiger partial charge is 0.483 e. The lowest BCUT2D eigenvalue weighted by molar-refractivity contribution is -0.143. The van der Waals surface area contributed by atoms with Crippen LogP contribution in [0.2, 0.25) is 0 Å². The average molecular weight is 418 g/mol. The summed E-state index contributed by atoms with van der Waals surface area (Å²) >= 11 is 0.